The van der Waals surface area contributed by atoms with Gasteiger partial charge in [-0.15, -0.1) is 0 Å². The molecule has 1 heterocycles. The Kier molecular flexibility index (Phi) is 4.71. The molecule has 8 heteroatoms. The van der Waals surface area contributed by atoms with Crippen molar-refractivity contribution in [3.8, 4) is 0 Å². The quantitative estimate of drug-likeness (QED) is 0.628. The molecule has 1 rings (SSSR count). The Labute approximate surface area is 115 Å². The predicted molar refractivity (Wildman–Crippen MR) is 76.0 cm³/mol. The molecular weight excluding hydrogens is 266 g/mol. The van der Waals surface area contributed by atoms with E-state index in [0.29, 0.717) is 11.5 Å². The molecule has 2 amide bonds. The maximum atomic E-state index is 11.6. The van der Waals surface area contributed by atoms with Gasteiger partial charge in [0.15, 0.2) is 5.82 Å². The Hall–Kier alpha value is -1.83. The summed E-state index contributed by atoms with van der Waals surface area (Å²) in [7, 11) is 0. The molecule has 1 aromatic heterocycles. The maximum absolute atomic E-state index is 11.6. The molecule has 0 aliphatic carbocycles. The van der Waals surface area contributed by atoms with E-state index in [4.69, 9.17) is 11.5 Å². The molecule has 0 unspecified atom stereocenters. The Morgan fingerprint density at radius 1 is 1.37 bits per heavy atom. The van der Waals surface area contributed by atoms with Gasteiger partial charge in [0, 0.05) is 18.5 Å². The first-order chi connectivity index (χ1) is 8.70. The lowest BCUT2D eigenvalue weighted by Crippen LogP contribution is -2.41. The Morgan fingerprint density at radius 2 is 2.00 bits per heavy atom. The van der Waals surface area contributed by atoms with Gasteiger partial charge in [0.25, 0.3) is 5.91 Å². The van der Waals surface area contributed by atoms with Crippen LogP contribution in [0.4, 0.5) is 10.8 Å². The molecule has 0 saturated carbocycles. The van der Waals surface area contributed by atoms with E-state index in [2.05, 4.69) is 15.0 Å². The topological polar surface area (TPSA) is 123 Å². The number of rotatable bonds is 5. The molecule has 0 saturated heterocycles. The van der Waals surface area contributed by atoms with Crippen LogP contribution in [0.1, 0.15) is 37.6 Å². The van der Waals surface area contributed by atoms with E-state index in [1.54, 1.807) is 0 Å². The second-order valence-corrected chi connectivity index (χ2v) is 5.88. The zero-order chi connectivity index (χ0) is 14.6. The van der Waals surface area contributed by atoms with Gasteiger partial charge in [0.2, 0.25) is 5.91 Å². The van der Waals surface area contributed by atoms with Crippen LogP contribution >= 0.6 is 11.5 Å². The van der Waals surface area contributed by atoms with Gasteiger partial charge in [-0.1, -0.05) is 0 Å². The fourth-order valence-corrected chi connectivity index (χ4v) is 2.18. The first-order valence-corrected chi connectivity index (χ1v) is 6.58. The highest BCUT2D eigenvalue weighted by Crippen LogP contribution is 2.25. The minimum absolute atomic E-state index is 0.0712. The number of hydrogen-bond acceptors (Lipinski definition) is 6. The van der Waals surface area contributed by atoms with E-state index in [1.807, 2.05) is 20.8 Å². The van der Waals surface area contributed by atoms with Gasteiger partial charge in [-0.05, 0) is 32.3 Å². The summed E-state index contributed by atoms with van der Waals surface area (Å²) in [5, 5.41) is 6.28. The highest BCUT2D eigenvalue weighted by molar-refractivity contribution is 7.11. The minimum atomic E-state index is -0.632. The van der Waals surface area contributed by atoms with Gasteiger partial charge < -0.3 is 22.1 Å². The zero-order valence-electron chi connectivity index (χ0n) is 11.2. The molecular formula is C11H19N5O2S. The molecule has 7 nitrogen and oxygen atoms in total. The van der Waals surface area contributed by atoms with Crippen LogP contribution in [0, 0.1) is 0 Å². The van der Waals surface area contributed by atoms with Gasteiger partial charge in [-0.25, -0.2) is 0 Å². The lowest BCUT2D eigenvalue weighted by atomic mass is 10.1. The number of nitrogens with one attached hydrogen (secondary N) is 2. The molecule has 0 aromatic carbocycles. The van der Waals surface area contributed by atoms with Crippen LogP contribution in [0.2, 0.25) is 0 Å². The van der Waals surface area contributed by atoms with Crippen molar-refractivity contribution < 1.29 is 9.59 Å². The van der Waals surface area contributed by atoms with Crippen LogP contribution in [-0.4, -0.2) is 28.3 Å². The van der Waals surface area contributed by atoms with Crippen molar-refractivity contribution in [2.45, 2.75) is 32.7 Å². The molecule has 0 spiro atoms. The summed E-state index contributed by atoms with van der Waals surface area (Å²) in [5.41, 5.74) is 10.7. The molecule has 106 valence electrons. The highest BCUT2D eigenvalue weighted by atomic mass is 32.1. The first-order valence-electron chi connectivity index (χ1n) is 5.80. The summed E-state index contributed by atoms with van der Waals surface area (Å²) in [4.78, 5) is 22.8. The number of aromatic nitrogens is 1. The van der Waals surface area contributed by atoms with Crippen molar-refractivity contribution in [3.63, 3.8) is 0 Å². The van der Waals surface area contributed by atoms with E-state index in [1.165, 1.54) is 0 Å². The molecule has 0 atom stereocenters. The number of anilines is 2. The average molecular weight is 285 g/mol. The number of nitrogen functional groups attached to an aromatic ring is 1. The fraction of sp³-hybridized carbons (Fsp3) is 0.545. The summed E-state index contributed by atoms with van der Waals surface area (Å²) in [5.74, 6) is -0.592. The van der Waals surface area contributed by atoms with Crippen LogP contribution in [0.3, 0.4) is 0 Å². The number of nitrogens with two attached hydrogens (primary N) is 2. The van der Waals surface area contributed by atoms with Gasteiger partial charge in [-0.3, -0.25) is 9.59 Å². The van der Waals surface area contributed by atoms with Crippen LogP contribution in [0.15, 0.2) is 0 Å². The van der Waals surface area contributed by atoms with Crippen LogP contribution in [-0.2, 0) is 4.79 Å². The average Bonchev–Trinajstić information content (AvgIpc) is 2.57. The van der Waals surface area contributed by atoms with Gasteiger partial charge in [-0.2, -0.15) is 4.37 Å². The van der Waals surface area contributed by atoms with Crippen molar-refractivity contribution in [1.82, 2.24) is 9.69 Å². The van der Waals surface area contributed by atoms with E-state index in [9.17, 15) is 9.59 Å². The number of amides is 2. The van der Waals surface area contributed by atoms with Crippen LogP contribution in [0.5, 0.6) is 0 Å². The molecule has 19 heavy (non-hydrogen) atoms. The van der Waals surface area contributed by atoms with Crippen molar-refractivity contribution in [2.75, 3.05) is 17.6 Å². The van der Waals surface area contributed by atoms with Crippen molar-refractivity contribution in [1.29, 1.82) is 0 Å². The Morgan fingerprint density at radius 3 is 2.53 bits per heavy atom. The number of primary amides is 1. The van der Waals surface area contributed by atoms with Crippen molar-refractivity contribution in [3.05, 3.63) is 5.56 Å². The standard InChI is InChI=1S/C11H19N5O2S/c1-11(2,3)15-6(17)4-5-14-10-7(9(13)18)8(12)16-19-10/h14H,4-5H2,1-3H3,(H2,12,16)(H2,13,18)(H,15,17). The lowest BCUT2D eigenvalue weighted by Gasteiger charge is -2.20. The Bertz CT molecular complexity index is 478. The van der Waals surface area contributed by atoms with Gasteiger partial charge in [0.05, 0.1) is 0 Å². The number of carbonyl (C=O) groups excluding carboxylic acids is 2. The monoisotopic (exact) mass is 285 g/mol. The molecule has 6 N–H and O–H groups in total. The minimum Gasteiger partial charge on any atom is -0.382 e. The molecule has 0 aliphatic rings. The molecule has 0 aliphatic heterocycles. The van der Waals surface area contributed by atoms with Gasteiger partial charge in [0.1, 0.15) is 10.6 Å². The normalized spacial score (nSPS) is 11.1. The summed E-state index contributed by atoms with van der Waals surface area (Å²) in [6.45, 7) is 6.11. The van der Waals surface area contributed by atoms with Crippen LogP contribution < -0.4 is 22.1 Å². The second kappa shape index (κ2) is 5.87. The molecule has 0 radical (unpaired) electrons. The third kappa shape index (κ3) is 4.74. The SMILES string of the molecule is CC(C)(C)NC(=O)CCNc1snc(N)c1C(N)=O. The second-order valence-electron chi connectivity index (χ2n) is 5.11. The van der Waals surface area contributed by atoms with Crippen molar-refractivity contribution >= 4 is 34.2 Å². The molecule has 0 bridgehead atoms. The number of carbonyl (C=O) groups is 2. The lowest BCUT2D eigenvalue weighted by molar-refractivity contribution is -0.122. The molecule has 1 aromatic rings. The van der Waals surface area contributed by atoms with E-state index in [0.717, 1.165) is 11.5 Å². The number of hydrogen-bond donors (Lipinski definition) is 4. The van der Waals surface area contributed by atoms with E-state index < -0.39 is 5.91 Å². The van der Waals surface area contributed by atoms with Gasteiger partial charge >= 0.3 is 0 Å². The van der Waals surface area contributed by atoms with Crippen LogP contribution in [0.25, 0.3) is 0 Å². The third-order valence-corrected chi connectivity index (χ3v) is 2.94. The third-order valence-electron chi connectivity index (χ3n) is 2.12. The predicted octanol–water partition coefficient (Wildman–Crippen LogP) is 0.541. The summed E-state index contributed by atoms with van der Waals surface area (Å²) in [6, 6.07) is 0. The number of nitrogens with zero attached hydrogens (tertiary/aromatic N) is 1. The fourth-order valence-electron chi connectivity index (χ4n) is 1.43. The summed E-state index contributed by atoms with van der Waals surface area (Å²) < 4.78 is 3.85. The molecule has 0 fully saturated rings. The Balaban J connectivity index is 2.50. The first kappa shape index (κ1) is 15.2. The zero-order valence-corrected chi connectivity index (χ0v) is 12.1. The smallest absolute Gasteiger partial charge is 0.255 e. The maximum Gasteiger partial charge on any atom is 0.255 e. The van der Waals surface area contributed by atoms with E-state index in [-0.39, 0.29) is 29.2 Å². The summed E-state index contributed by atoms with van der Waals surface area (Å²) >= 11 is 1.05. The van der Waals surface area contributed by atoms with Crippen molar-refractivity contribution in [2.24, 2.45) is 5.73 Å². The summed E-state index contributed by atoms with van der Waals surface area (Å²) in [6.07, 6.45) is 0.285. The van der Waals surface area contributed by atoms with E-state index >= 15 is 0 Å². The largest absolute Gasteiger partial charge is 0.382 e. The highest BCUT2D eigenvalue weighted by Gasteiger charge is 2.17.